The van der Waals surface area contributed by atoms with Crippen LogP contribution in [-0.4, -0.2) is 32.8 Å². The van der Waals surface area contributed by atoms with Crippen molar-refractivity contribution in [1.82, 2.24) is 30.4 Å². The molecule has 0 aliphatic carbocycles. The van der Waals surface area contributed by atoms with Crippen molar-refractivity contribution < 1.29 is 0 Å². The lowest BCUT2D eigenvalue weighted by Crippen LogP contribution is -2.36. The molecule has 2 aromatic heterocycles. The van der Waals surface area contributed by atoms with Gasteiger partial charge in [0, 0.05) is 18.5 Å². The van der Waals surface area contributed by atoms with Crippen LogP contribution in [0.15, 0.2) is 41.9 Å². The Morgan fingerprint density at radius 3 is 2.63 bits per heavy atom. The number of thiazole rings is 1. The molecule has 0 radical (unpaired) electrons. The van der Waals surface area contributed by atoms with Crippen LogP contribution < -0.4 is 10.6 Å². The smallest absolute Gasteiger partial charge is 0.191 e. The van der Waals surface area contributed by atoms with Crippen LogP contribution in [0.25, 0.3) is 0 Å². The van der Waals surface area contributed by atoms with E-state index < -0.39 is 0 Å². The van der Waals surface area contributed by atoms with Crippen molar-refractivity contribution in [2.24, 2.45) is 4.99 Å². The van der Waals surface area contributed by atoms with Gasteiger partial charge in [0.05, 0.1) is 23.8 Å². The van der Waals surface area contributed by atoms with Gasteiger partial charge in [0.2, 0.25) is 0 Å². The SMILES string of the molecule is CN=C(NCc1cccc(Cn2cncn2)c1)NCc1sc(C)nc1C.I. The fourth-order valence-electron chi connectivity index (χ4n) is 2.65. The highest BCUT2D eigenvalue weighted by atomic mass is 127. The molecule has 0 fully saturated rings. The van der Waals surface area contributed by atoms with Crippen LogP contribution >= 0.6 is 35.3 Å². The number of guanidine groups is 1. The van der Waals surface area contributed by atoms with Crippen LogP contribution in [-0.2, 0) is 19.6 Å². The second kappa shape index (κ2) is 10.4. The molecule has 3 rings (SSSR count). The van der Waals surface area contributed by atoms with Gasteiger partial charge in [0.1, 0.15) is 12.7 Å². The predicted molar refractivity (Wildman–Crippen MR) is 120 cm³/mol. The Kier molecular flexibility index (Phi) is 8.17. The minimum absolute atomic E-state index is 0. The predicted octanol–water partition coefficient (Wildman–Crippen LogP) is 2.88. The lowest BCUT2D eigenvalue weighted by molar-refractivity contribution is 0.683. The monoisotopic (exact) mass is 497 g/mol. The van der Waals surface area contributed by atoms with Crippen LogP contribution in [0.4, 0.5) is 0 Å². The summed E-state index contributed by atoms with van der Waals surface area (Å²) >= 11 is 1.72. The Hall–Kier alpha value is -2.01. The van der Waals surface area contributed by atoms with Crippen LogP contribution in [0.1, 0.15) is 26.7 Å². The first-order valence-corrected chi connectivity index (χ1v) is 9.23. The van der Waals surface area contributed by atoms with Gasteiger partial charge in [-0.05, 0) is 25.0 Å². The third-order valence-electron chi connectivity index (χ3n) is 3.90. The number of benzene rings is 1. The van der Waals surface area contributed by atoms with Crippen LogP contribution in [0, 0.1) is 13.8 Å². The minimum Gasteiger partial charge on any atom is -0.352 e. The number of aryl methyl sites for hydroxylation is 2. The molecular weight excluding hydrogens is 473 g/mol. The first-order chi connectivity index (χ1) is 12.6. The van der Waals surface area contributed by atoms with E-state index in [1.54, 1.807) is 31.0 Å². The fourth-order valence-corrected chi connectivity index (χ4v) is 3.52. The highest BCUT2D eigenvalue weighted by Crippen LogP contribution is 2.16. The zero-order valence-corrected chi connectivity index (χ0v) is 18.8. The summed E-state index contributed by atoms with van der Waals surface area (Å²) in [6.07, 6.45) is 3.27. The van der Waals surface area contributed by atoms with E-state index >= 15 is 0 Å². The van der Waals surface area contributed by atoms with E-state index in [0.717, 1.165) is 23.2 Å². The molecular formula is C18H24IN7S. The fraction of sp³-hybridized carbons (Fsp3) is 0.333. The zero-order chi connectivity index (χ0) is 18.4. The van der Waals surface area contributed by atoms with E-state index in [9.17, 15) is 0 Å². The maximum atomic E-state index is 4.46. The summed E-state index contributed by atoms with van der Waals surface area (Å²) in [5.74, 6) is 0.775. The standard InChI is InChI=1S/C18H23N7S.HI/c1-13-17(26-14(2)24-13)9-22-18(19-3)21-8-15-5-4-6-16(7-15)10-25-12-20-11-23-25;/h4-7,11-12H,8-10H2,1-3H3,(H2,19,21,22);1H. The number of nitrogens with one attached hydrogen (secondary N) is 2. The molecule has 0 saturated heterocycles. The maximum Gasteiger partial charge on any atom is 0.191 e. The number of hydrogen-bond donors (Lipinski definition) is 2. The van der Waals surface area contributed by atoms with Gasteiger partial charge >= 0.3 is 0 Å². The van der Waals surface area contributed by atoms with E-state index in [1.807, 2.05) is 18.5 Å². The number of rotatable bonds is 6. The minimum atomic E-state index is 0. The average Bonchev–Trinajstić information content (AvgIpc) is 3.25. The topological polar surface area (TPSA) is 80.0 Å². The van der Waals surface area contributed by atoms with Gasteiger partial charge in [-0.3, -0.25) is 4.99 Å². The molecule has 0 spiro atoms. The summed E-state index contributed by atoms with van der Waals surface area (Å²) in [6, 6.07) is 8.41. The first-order valence-electron chi connectivity index (χ1n) is 8.41. The second-order valence-electron chi connectivity index (χ2n) is 5.93. The van der Waals surface area contributed by atoms with Crippen LogP contribution in [0.5, 0.6) is 0 Å². The maximum absolute atomic E-state index is 4.46. The molecule has 0 aliphatic rings. The number of hydrogen-bond acceptors (Lipinski definition) is 5. The van der Waals surface area contributed by atoms with Gasteiger partial charge in [-0.1, -0.05) is 24.3 Å². The Morgan fingerprint density at radius 2 is 1.96 bits per heavy atom. The lowest BCUT2D eigenvalue weighted by Gasteiger charge is -2.12. The van der Waals surface area contributed by atoms with Gasteiger partial charge < -0.3 is 10.6 Å². The molecule has 2 heterocycles. The van der Waals surface area contributed by atoms with Crippen molar-refractivity contribution >= 4 is 41.3 Å². The molecule has 0 aliphatic heterocycles. The molecule has 0 unspecified atom stereocenters. The third kappa shape index (κ3) is 6.28. The summed E-state index contributed by atoms with van der Waals surface area (Å²) in [5, 5.41) is 11.9. The van der Waals surface area contributed by atoms with Crippen LogP contribution in [0.2, 0.25) is 0 Å². The molecule has 27 heavy (non-hydrogen) atoms. The van der Waals surface area contributed by atoms with Crippen molar-refractivity contribution in [3.05, 3.63) is 63.6 Å². The molecule has 7 nitrogen and oxygen atoms in total. The van der Waals surface area contributed by atoms with Crippen LogP contribution in [0.3, 0.4) is 0 Å². The Bertz CT molecular complexity index is 874. The van der Waals surface area contributed by atoms with Gasteiger partial charge in [-0.25, -0.2) is 14.6 Å². The molecule has 0 amide bonds. The van der Waals surface area contributed by atoms with E-state index in [4.69, 9.17) is 0 Å². The number of nitrogens with zero attached hydrogens (tertiary/aromatic N) is 5. The third-order valence-corrected chi connectivity index (χ3v) is 4.97. The molecule has 0 bridgehead atoms. The number of aliphatic imine (C=N–C) groups is 1. The Labute approximate surface area is 180 Å². The Morgan fingerprint density at radius 1 is 1.19 bits per heavy atom. The molecule has 3 aromatic rings. The molecule has 9 heteroatoms. The largest absolute Gasteiger partial charge is 0.352 e. The Balaban J connectivity index is 0.00000261. The normalized spacial score (nSPS) is 11.1. The van der Waals surface area contributed by atoms with Crippen molar-refractivity contribution in [2.45, 2.75) is 33.5 Å². The highest BCUT2D eigenvalue weighted by Gasteiger charge is 2.06. The summed E-state index contributed by atoms with van der Waals surface area (Å²) < 4.78 is 1.81. The summed E-state index contributed by atoms with van der Waals surface area (Å²) in [6.45, 7) is 6.21. The van der Waals surface area contributed by atoms with Gasteiger partial charge in [0.15, 0.2) is 5.96 Å². The highest BCUT2D eigenvalue weighted by molar-refractivity contribution is 14.0. The molecule has 0 saturated carbocycles. The average molecular weight is 497 g/mol. The molecule has 1 aromatic carbocycles. The van der Waals surface area contributed by atoms with E-state index in [1.165, 1.54) is 16.0 Å². The van der Waals surface area contributed by atoms with Crippen molar-refractivity contribution in [2.75, 3.05) is 7.05 Å². The van der Waals surface area contributed by atoms with Gasteiger partial charge in [-0.2, -0.15) is 5.10 Å². The molecule has 144 valence electrons. The quantitative estimate of drug-likeness (QED) is 0.311. The van der Waals surface area contributed by atoms with Gasteiger partial charge in [-0.15, -0.1) is 35.3 Å². The van der Waals surface area contributed by atoms with Crippen molar-refractivity contribution in [3.63, 3.8) is 0 Å². The lowest BCUT2D eigenvalue weighted by atomic mass is 10.1. The second-order valence-corrected chi connectivity index (χ2v) is 7.22. The van der Waals surface area contributed by atoms with E-state index in [-0.39, 0.29) is 24.0 Å². The number of halogens is 1. The summed E-state index contributed by atoms with van der Waals surface area (Å²) in [7, 11) is 1.78. The molecule has 2 N–H and O–H groups in total. The van der Waals surface area contributed by atoms with Crippen molar-refractivity contribution in [3.8, 4) is 0 Å². The van der Waals surface area contributed by atoms with E-state index in [0.29, 0.717) is 13.1 Å². The number of aromatic nitrogens is 4. The molecule has 0 atom stereocenters. The summed E-state index contributed by atoms with van der Waals surface area (Å²) in [5.41, 5.74) is 3.46. The van der Waals surface area contributed by atoms with Crippen molar-refractivity contribution in [1.29, 1.82) is 0 Å². The first kappa shape index (κ1) is 21.3. The van der Waals surface area contributed by atoms with E-state index in [2.05, 4.69) is 55.0 Å². The van der Waals surface area contributed by atoms with Gasteiger partial charge in [0.25, 0.3) is 0 Å². The zero-order valence-electron chi connectivity index (χ0n) is 15.6. The summed E-state index contributed by atoms with van der Waals surface area (Å²) in [4.78, 5) is 14.0.